The quantitative estimate of drug-likeness (QED) is 0.859. The molecule has 6 heteroatoms. The van der Waals surface area contributed by atoms with Gasteiger partial charge in [0.2, 0.25) is 0 Å². The number of amides is 1. The van der Waals surface area contributed by atoms with E-state index in [-0.39, 0.29) is 36.3 Å². The molecule has 1 unspecified atom stereocenters. The lowest BCUT2D eigenvalue weighted by Crippen LogP contribution is -2.60. The maximum absolute atomic E-state index is 13.3. The molecule has 4 nitrogen and oxygen atoms in total. The van der Waals surface area contributed by atoms with Crippen molar-refractivity contribution in [1.82, 2.24) is 5.32 Å². The third-order valence-corrected chi connectivity index (χ3v) is 3.80. The summed E-state index contributed by atoms with van der Waals surface area (Å²) in [4.78, 5) is 13.6. The number of benzene rings is 1. The van der Waals surface area contributed by atoms with Crippen LogP contribution in [-0.2, 0) is 9.53 Å². The highest BCUT2D eigenvalue weighted by molar-refractivity contribution is 5.95. The number of piperidine rings is 1. The number of rotatable bonds is 1. The van der Waals surface area contributed by atoms with Crippen molar-refractivity contribution in [3.8, 4) is 0 Å². The van der Waals surface area contributed by atoms with Gasteiger partial charge in [-0.15, -0.1) is 12.4 Å². The van der Waals surface area contributed by atoms with Crippen LogP contribution in [0.2, 0.25) is 0 Å². The average Bonchev–Trinajstić information content (AvgIpc) is 2.43. The van der Waals surface area contributed by atoms with Crippen LogP contribution in [0.25, 0.3) is 0 Å². The van der Waals surface area contributed by atoms with Gasteiger partial charge in [-0.05, 0) is 37.6 Å². The number of ether oxygens (including phenoxy) is 1. The van der Waals surface area contributed by atoms with Gasteiger partial charge in [0.05, 0.1) is 12.1 Å². The molecule has 2 aliphatic heterocycles. The first-order valence-corrected chi connectivity index (χ1v) is 6.59. The van der Waals surface area contributed by atoms with E-state index in [0.29, 0.717) is 12.2 Å². The van der Waals surface area contributed by atoms with E-state index < -0.39 is 0 Å². The SMILES string of the molecule is Cl.O=C1COC2(CCCNC2)CN1c1cccc(F)c1. The monoisotopic (exact) mass is 300 g/mol. The van der Waals surface area contributed by atoms with Gasteiger partial charge in [0, 0.05) is 12.2 Å². The van der Waals surface area contributed by atoms with Crippen LogP contribution in [0, 0.1) is 5.82 Å². The molecule has 0 aliphatic carbocycles. The van der Waals surface area contributed by atoms with Crippen LogP contribution in [0.1, 0.15) is 12.8 Å². The minimum Gasteiger partial charge on any atom is -0.362 e. The first-order valence-electron chi connectivity index (χ1n) is 6.59. The zero-order valence-electron chi connectivity index (χ0n) is 11.1. The molecule has 1 amide bonds. The summed E-state index contributed by atoms with van der Waals surface area (Å²) in [5.74, 6) is -0.436. The Morgan fingerprint density at radius 3 is 2.95 bits per heavy atom. The molecular weight excluding hydrogens is 283 g/mol. The van der Waals surface area contributed by atoms with Gasteiger partial charge in [-0.2, -0.15) is 0 Å². The van der Waals surface area contributed by atoms with Crippen molar-refractivity contribution in [1.29, 1.82) is 0 Å². The molecular formula is C14H18ClFN2O2. The van der Waals surface area contributed by atoms with Crippen LogP contribution >= 0.6 is 12.4 Å². The topological polar surface area (TPSA) is 41.6 Å². The lowest BCUT2D eigenvalue weighted by Gasteiger charge is -2.44. The lowest BCUT2D eigenvalue weighted by molar-refractivity contribution is -0.140. The summed E-state index contributed by atoms with van der Waals surface area (Å²) in [7, 11) is 0. The molecule has 2 saturated heterocycles. The van der Waals surface area contributed by atoms with E-state index in [1.165, 1.54) is 12.1 Å². The molecule has 110 valence electrons. The van der Waals surface area contributed by atoms with Crippen molar-refractivity contribution in [3.05, 3.63) is 30.1 Å². The molecule has 2 aliphatic rings. The van der Waals surface area contributed by atoms with Gasteiger partial charge in [0.1, 0.15) is 12.4 Å². The molecule has 2 heterocycles. The Bertz CT molecular complexity index is 492. The molecule has 1 atom stereocenters. The Morgan fingerprint density at radius 1 is 1.40 bits per heavy atom. The van der Waals surface area contributed by atoms with Gasteiger partial charge in [-0.25, -0.2) is 4.39 Å². The molecule has 2 fully saturated rings. The Morgan fingerprint density at radius 2 is 2.25 bits per heavy atom. The van der Waals surface area contributed by atoms with Crippen molar-refractivity contribution >= 4 is 24.0 Å². The van der Waals surface area contributed by atoms with Gasteiger partial charge >= 0.3 is 0 Å². The predicted molar refractivity (Wildman–Crippen MR) is 76.8 cm³/mol. The van der Waals surface area contributed by atoms with Crippen molar-refractivity contribution < 1.29 is 13.9 Å². The minimum atomic E-state index is -0.326. The molecule has 20 heavy (non-hydrogen) atoms. The first-order chi connectivity index (χ1) is 9.19. The second kappa shape index (κ2) is 6.08. The van der Waals surface area contributed by atoms with Gasteiger partial charge in [-0.1, -0.05) is 6.07 Å². The number of carbonyl (C=O) groups excluding carboxylic acids is 1. The van der Waals surface area contributed by atoms with E-state index in [0.717, 1.165) is 25.9 Å². The summed E-state index contributed by atoms with van der Waals surface area (Å²) in [6.45, 7) is 2.28. The van der Waals surface area contributed by atoms with Crippen LogP contribution < -0.4 is 10.2 Å². The minimum absolute atomic E-state index is 0. The Kier molecular flexibility index (Phi) is 4.62. The van der Waals surface area contributed by atoms with E-state index in [1.807, 2.05) is 0 Å². The van der Waals surface area contributed by atoms with E-state index in [9.17, 15) is 9.18 Å². The number of anilines is 1. The molecule has 3 rings (SSSR count). The fourth-order valence-corrected chi connectivity index (χ4v) is 2.79. The van der Waals surface area contributed by atoms with Crippen molar-refractivity contribution in [2.45, 2.75) is 18.4 Å². The maximum atomic E-state index is 13.3. The van der Waals surface area contributed by atoms with Gasteiger partial charge < -0.3 is 15.0 Å². The normalized spacial score (nSPS) is 26.4. The zero-order valence-corrected chi connectivity index (χ0v) is 11.9. The summed E-state index contributed by atoms with van der Waals surface area (Å²) in [6, 6.07) is 6.16. The standard InChI is InChI=1S/C14H17FN2O2.ClH/c15-11-3-1-4-12(7-11)17-10-14(19-8-13(17)18)5-2-6-16-9-14;/h1,3-4,7,16H,2,5-6,8-10H2;1H. The summed E-state index contributed by atoms with van der Waals surface area (Å²) < 4.78 is 19.1. The predicted octanol–water partition coefficient (Wildman–Crippen LogP) is 1.73. The first kappa shape index (κ1) is 15.2. The second-order valence-corrected chi connectivity index (χ2v) is 5.21. The number of hydrogen-bond acceptors (Lipinski definition) is 3. The van der Waals surface area contributed by atoms with Crippen LogP contribution in [-0.4, -0.2) is 37.7 Å². The summed E-state index contributed by atoms with van der Waals surface area (Å²) >= 11 is 0. The zero-order chi connectivity index (χ0) is 13.3. The fourth-order valence-electron chi connectivity index (χ4n) is 2.79. The highest BCUT2D eigenvalue weighted by Crippen LogP contribution is 2.29. The van der Waals surface area contributed by atoms with Crippen molar-refractivity contribution in [3.63, 3.8) is 0 Å². The average molecular weight is 301 g/mol. The van der Waals surface area contributed by atoms with Gasteiger partial charge in [0.15, 0.2) is 0 Å². The summed E-state index contributed by atoms with van der Waals surface area (Å²) in [5.41, 5.74) is 0.289. The van der Waals surface area contributed by atoms with Crippen LogP contribution in [0.5, 0.6) is 0 Å². The molecule has 0 bridgehead atoms. The Labute approximate surface area is 123 Å². The molecule has 1 N–H and O–H groups in total. The lowest BCUT2D eigenvalue weighted by atomic mass is 9.91. The highest BCUT2D eigenvalue weighted by atomic mass is 35.5. The number of nitrogens with one attached hydrogen (secondary N) is 1. The smallest absolute Gasteiger partial charge is 0.253 e. The number of hydrogen-bond donors (Lipinski definition) is 1. The van der Waals surface area contributed by atoms with E-state index in [1.54, 1.807) is 17.0 Å². The van der Waals surface area contributed by atoms with Crippen LogP contribution in [0.3, 0.4) is 0 Å². The summed E-state index contributed by atoms with van der Waals surface area (Å²) in [6.07, 6.45) is 1.96. The Hall–Kier alpha value is -1.17. The fraction of sp³-hybridized carbons (Fsp3) is 0.500. The Balaban J connectivity index is 0.00000147. The van der Waals surface area contributed by atoms with Gasteiger partial charge in [0.25, 0.3) is 5.91 Å². The number of nitrogens with zero attached hydrogens (tertiary/aromatic N) is 1. The number of halogens is 2. The summed E-state index contributed by atoms with van der Waals surface area (Å²) in [5, 5.41) is 3.31. The van der Waals surface area contributed by atoms with Crippen molar-refractivity contribution in [2.24, 2.45) is 0 Å². The highest BCUT2D eigenvalue weighted by Gasteiger charge is 2.41. The molecule has 0 aromatic heterocycles. The van der Waals surface area contributed by atoms with Crippen molar-refractivity contribution in [2.75, 3.05) is 31.1 Å². The van der Waals surface area contributed by atoms with E-state index >= 15 is 0 Å². The third kappa shape index (κ3) is 2.95. The molecule has 1 aromatic carbocycles. The molecule has 0 saturated carbocycles. The van der Waals surface area contributed by atoms with Gasteiger partial charge in [-0.3, -0.25) is 4.79 Å². The van der Waals surface area contributed by atoms with E-state index in [4.69, 9.17) is 4.74 Å². The maximum Gasteiger partial charge on any atom is 0.253 e. The van der Waals surface area contributed by atoms with E-state index in [2.05, 4.69) is 5.32 Å². The van der Waals surface area contributed by atoms with Crippen LogP contribution in [0.4, 0.5) is 10.1 Å². The molecule has 1 aromatic rings. The largest absolute Gasteiger partial charge is 0.362 e. The molecule has 1 spiro atoms. The number of morpholine rings is 1. The molecule has 0 radical (unpaired) electrons. The third-order valence-electron chi connectivity index (χ3n) is 3.80. The van der Waals surface area contributed by atoms with Crippen LogP contribution in [0.15, 0.2) is 24.3 Å². The second-order valence-electron chi connectivity index (χ2n) is 5.21. The number of carbonyl (C=O) groups is 1.